The van der Waals surface area contributed by atoms with Crippen molar-refractivity contribution in [2.75, 3.05) is 6.54 Å². The van der Waals surface area contributed by atoms with E-state index in [9.17, 15) is 14.4 Å². The molecule has 4 rings (SSSR count). The van der Waals surface area contributed by atoms with Gasteiger partial charge in [0.2, 0.25) is 0 Å². The highest BCUT2D eigenvalue weighted by molar-refractivity contribution is 5.92. The number of fused-ring (bicyclic) bond motifs is 1. The monoisotopic (exact) mass is 543 g/mol. The summed E-state index contributed by atoms with van der Waals surface area (Å²) in [5.41, 5.74) is 4.97. The molecule has 1 amide bonds. The van der Waals surface area contributed by atoms with Crippen LogP contribution in [0.25, 0.3) is 5.57 Å². The zero-order valence-electron chi connectivity index (χ0n) is 24.2. The van der Waals surface area contributed by atoms with Gasteiger partial charge in [0.1, 0.15) is 5.69 Å². The summed E-state index contributed by atoms with van der Waals surface area (Å²) in [6.45, 7) is 10.3. The molecule has 3 aromatic rings. The maximum atomic E-state index is 13.4. The molecule has 0 bridgehead atoms. The molecular formula is C32H41N5O3. The van der Waals surface area contributed by atoms with Crippen LogP contribution in [0.5, 0.6) is 0 Å². The Kier molecular flexibility index (Phi) is 9.85. The van der Waals surface area contributed by atoms with Crippen LogP contribution in [0.15, 0.2) is 58.5 Å². The van der Waals surface area contributed by atoms with Crippen LogP contribution in [0.1, 0.15) is 98.6 Å². The highest BCUT2D eigenvalue weighted by Gasteiger charge is 2.24. The van der Waals surface area contributed by atoms with Gasteiger partial charge in [-0.2, -0.15) is 0 Å². The first kappa shape index (κ1) is 29.2. The maximum Gasteiger partial charge on any atom is 0.331 e. The number of carbonyl (C=O) groups excluding carboxylic acids is 1. The third-order valence-corrected chi connectivity index (χ3v) is 7.66. The summed E-state index contributed by atoms with van der Waals surface area (Å²) in [5.74, 6) is -0.0675. The average molecular weight is 544 g/mol. The van der Waals surface area contributed by atoms with Gasteiger partial charge in [-0.05, 0) is 80.3 Å². The van der Waals surface area contributed by atoms with Gasteiger partial charge in [0, 0.05) is 61.9 Å². The lowest BCUT2D eigenvalue weighted by Gasteiger charge is -2.22. The highest BCUT2D eigenvalue weighted by Crippen LogP contribution is 2.30. The minimum atomic E-state index is -0.183. The lowest BCUT2D eigenvalue weighted by Crippen LogP contribution is -2.44. The van der Waals surface area contributed by atoms with Crippen molar-refractivity contribution < 1.29 is 4.79 Å². The number of amides is 1. The molecule has 0 spiro atoms. The van der Waals surface area contributed by atoms with Gasteiger partial charge in [-0.15, -0.1) is 0 Å². The van der Waals surface area contributed by atoms with Crippen molar-refractivity contribution in [3.05, 3.63) is 97.8 Å². The van der Waals surface area contributed by atoms with Crippen LogP contribution < -0.4 is 11.2 Å². The van der Waals surface area contributed by atoms with Crippen LogP contribution in [-0.2, 0) is 26.1 Å². The number of pyridine rings is 2. The predicted molar refractivity (Wildman–Crippen MR) is 158 cm³/mol. The highest BCUT2D eigenvalue weighted by atomic mass is 16.2. The van der Waals surface area contributed by atoms with Gasteiger partial charge in [0.25, 0.3) is 11.5 Å². The summed E-state index contributed by atoms with van der Waals surface area (Å²) >= 11 is 0. The van der Waals surface area contributed by atoms with Crippen LogP contribution in [0.2, 0.25) is 0 Å². The second-order valence-corrected chi connectivity index (χ2v) is 10.6. The molecule has 0 aromatic carbocycles. The number of rotatable bonds is 9. The molecule has 1 atom stereocenters. The first-order valence-electron chi connectivity index (χ1n) is 14.6. The summed E-state index contributed by atoms with van der Waals surface area (Å²) in [6, 6.07) is 7.61. The summed E-state index contributed by atoms with van der Waals surface area (Å²) in [4.78, 5) is 50.3. The molecule has 0 saturated heterocycles. The minimum absolute atomic E-state index is 0.0337. The van der Waals surface area contributed by atoms with E-state index in [4.69, 9.17) is 0 Å². The van der Waals surface area contributed by atoms with Gasteiger partial charge in [-0.25, -0.2) is 4.79 Å². The molecule has 8 nitrogen and oxygen atoms in total. The van der Waals surface area contributed by atoms with E-state index in [1.165, 1.54) is 4.57 Å². The van der Waals surface area contributed by atoms with Crippen molar-refractivity contribution in [3.8, 4) is 0 Å². The number of allylic oxidation sites excluding steroid dienone is 2. The summed E-state index contributed by atoms with van der Waals surface area (Å²) in [5, 5.41) is 0. The molecule has 8 heteroatoms. The van der Waals surface area contributed by atoms with Crippen molar-refractivity contribution in [3.63, 3.8) is 0 Å². The number of aromatic nitrogens is 4. The van der Waals surface area contributed by atoms with Crippen LogP contribution >= 0.6 is 0 Å². The second kappa shape index (κ2) is 13.5. The van der Waals surface area contributed by atoms with Crippen molar-refractivity contribution >= 4 is 11.5 Å². The van der Waals surface area contributed by atoms with Crippen molar-refractivity contribution in [1.29, 1.82) is 0 Å². The Bertz CT molecular complexity index is 1450. The molecule has 1 unspecified atom stereocenters. The van der Waals surface area contributed by atoms with E-state index in [2.05, 4.69) is 29.9 Å². The minimum Gasteiger partial charge on any atom is -0.333 e. The third kappa shape index (κ3) is 6.32. The Hall–Kier alpha value is -3.81. The van der Waals surface area contributed by atoms with Gasteiger partial charge in [0.15, 0.2) is 0 Å². The maximum absolute atomic E-state index is 13.4. The molecule has 0 saturated carbocycles. The second-order valence-electron chi connectivity index (χ2n) is 10.6. The fourth-order valence-corrected chi connectivity index (χ4v) is 5.59. The van der Waals surface area contributed by atoms with Gasteiger partial charge in [0.05, 0.1) is 0 Å². The van der Waals surface area contributed by atoms with E-state index < -0.39 is 0 Å². The summed E-state index contributed by atoms with van der Waals surface area (Å²) in [6.07, 6.45) is 12.0. The smallest absolute Gasteiger partial charge is 0.331 e. The lowest BCUT2D eigenvalue weighted by atomic mass is 9.96. The topological polar surface area (TPSA) is 90.1 Å². The zero-order chi connectivity index (χ0) is 28.6. The molecule has 0 aliphatic heterocycles. The van der Waals surface area contributed by atoms with Crippen molar-refractivity contribution in [2.45, 2.75) is 91.8 Å². The van der Waals surface area contributed by atoms with Gasteiger partial charge >= 0.3 is 5.69 Å². The number of hydrogen-bond donors (Lipinski definition) is 0. The predicted octanol–water partition coefficient (Wildman–Crippen LogP) is 5.20. The Morgan fingerprint density at radius 2 is 1.73 bits per heavy atom. The fraction of sp³-hybridized carbons (Fsp3) is 0.469. The first-order valence-corrected chi connectivity index (χ1v) is 14.6. The van der Waals surface area contributed by atoms with E-state index in [1.54, 1.807) is 29.6 Å². The Morgan fingerprint density at radius 1 is 1.00 bits per heavy atom. The quantitative estimate of drug-likeness (QED) is 0.370. The molecule has 0 fully saturated rings. The van der Waals surface area contributed by atoms with E-state index in [0.717, 1.165) is 60.1 Å². The molecule has 1 aliphatic carbocycles. The molecule has 3 heterocycles. The van der Waals surface area contributed by atoms with Crippen molar-refractivity contribution in [1.82, 2.24) is 24.0 Å². The Balaban J connectivity index is 1.58. The number of nitrogens with zero attached hydrogens (tertiary/aromatic N) is 5. The standard InChI is InChI=1S/C32H41N5O3/c1-5-19-36-29-23(4)11-12-25(9-8-10-27(29)30(38)37(20-6-2)32(36)40)26-13-14-28(34-21-26)31(39)35(7-3)22-24-15-17-33-18-16-24/h12-18,21,23H,5-11,19-20,22H2,1-4H3. The van der Waals surface area contributed by atoms with Crippen LogP contribution in [0.4, 0.5) is 0 Å². The van der Waals surface area contributed by atoms with Crippen molar-refractivity contribution in [2.24, 2.45) is 0 Å². The summed E-state index contributed by atoms with van der Waals surface area (Å²) in [7, 11) is 0. The van der Waals surface area contributed by atoms with E-state index >= 15 is 0 Å². The van der Waals surface area contributed by atoms with E-state index in [-0.39, 0.29) is 23.1 Å². The molecular weight excluding hydrogens is 502 g/mol. The molecule has 212 valence electrons. The largest absolute Gasteiger partial charge is 0.333 e. The van der Waals surface area contributed by atoms with E-state index in [0.29, 0.717) is 38.3 Å². The van der Waals surface area contributed by atoms with Gasteiger partial charge in [-0.3, -0.25) is 28.7 Å². The van der Waals surface area contributed by atoms with E-state index in [1.807, 2.05) is 36.6 Å². The Labute approximate surface area is 236 Å². The Morgan fingerprint density at radius 3 is 2.38 bits per heavy atom. The SMILES string of the molecule is CCCn1c2c(c(=O)n(CCC)c1=O)CCCC(c1ccc(C(=O)N(CC)Cc3ccncc3)nc1)=CCC2C. The molecule has 1 aliphatic rings. The number of hydrogen-bond acceptors (Lipinski definition) is 5. The molecule has 40 heavy (non-hydrogen) atoms. The molecule has 0 N–H and O–H groups in total. The molecule has 3 aromatic heterocycles. The average Bonchev–Trinajstić information content (AvgIpc) is 3.06. The fourth-order valence-electron chi connectivity index (χ4n) is 5.59. The first-order chi connectivity index (χ1) is 19.4. The number of carbonyl (C=O) groups is 1. The zero-order valence-corrected chi connectivity index (χ0v) is 24.2. The molecule has 0 radical (unpaired) electrons. The van der Waals surface area contributed by atoms with Crippen LogP contribution in [0, 0.1) is 0 Å². The normalized spacial score (nSPS) is 15.4. The van der Waals surface area contributed by atoms with Crippen LogP contribution in [0.3, 0.4) is 0 Å². The summed E-state index contributed by atoms with van der Waals surface area (Å²) < 4.78 is 3.28. The lowest BCUT2D eigenvalue weighted by molar-refractivity contribution is 0.0746. The van der Waals surface area contributed by atoms with Gasteiger partial charge < -0.3 is 4.90 Å². The van der Waals surface area contributed by atoms with Gasteiger partial charge in [-0.1, -0.05) is 32.9 Å². The third-order valence-electron chi connectivity index (χ3n) is 7.66. The van der Waals surface area contributed by atoms with Crippen LogP contribution in [-0.4, -0.2) is 36.5 Å².